The Morgan fingerprint density at radius 2 is 1.71 bits per heavy atom. The molecule has 2 aliphatic rings. The number of esters is 1. The van der Waals surface area contributed by atoms with E-state index < -0.39 is 0 Å². The van der Waals surface area contributed by atoms with Crippen LogP contribution in [0.4, 0.5) is 0 Å². The van der Waals surface area contributed by atoms with Crippen molar-refractivity contribution in [3.05, 3.63) is 25.3 Å². The van der Waals surface area contributed by atoms with E-state index in [1.165, 1.54) is 12.2 Å². The molecule has 2 aliphatic heterocycles. The number of halogens is 1. The fraction of sp³-hybridized carbons (Fsp3) is 0.571. The second-order valence-electron chi connectivity index (χ2n) is 4.12. The van der Waals surface area contributed by atoms with E-state index in [2.05, 4.69) is 17.9 Å². The van der Waals surface area contributed by atoms with E-state index >= 15 is 0 Å². The SMILES string of the molecule is C=CCC(=O)Cl.C=CCC(=O)OCC1CO1.OCC1CO1. The Bertz CT molecular complexity index is 336. The highest BCUT2D eigenvalue weighted by atomic mass is 35.5. The first kappa shape index (κ1) is 19.8. The minimum Gasteiger partial charge on any atom is -0.463 e. The molecule has 6 nitrogen and oxygen atoms in total. The van der Waals surface area contributed by atoms with Crippen LogP contribution >= 0.6 is 11.6 Å². The van der Waals surface area contributed by atoms with Gasteiger partial charge in [-0.1, -0.05) is 12.2 Å². The largest absolute Gasteiger partial charge is 0.463 e. The molecule has 0 aromatic rings. The number of hydrogen-bond acceptors (Lipinski definition) is 6. The first-order valence-corrected chi connectivity index (χ1v) is 6.81. The van der Waals surface area contributed by atoms with Gasteiger partial charge in [0, 0.05) is 6.42 Å². The maximum Gasteiger partial charge on any atom is 0.309 e. The van der Waals surface area contributed by atoms with Gasteiger partial charge in [0.2, 0.25) is 5.24 Å². The summed E-state index contributed by atoms with van der Waals surface area (Å²) in [5, 5.41) is 7.72. The predicted octanol–water partition coefficient (Wildman–Crippen LogP) is 1.21. The number of epoxide rings is 2. The van der Waals surface area contributed by atoms with Crippen molar-refractivity contribution < 1.29 is 28.9 Å². The van der Waals surface area contributed by atoms with E-state index in [9.17, 15) is 9.59 Å². The molecule has 2 saturated heterocycles. The van der Waals surface area contributed by atoms with Gasteiger partial charge in [-0.2, -0.15) is 0 Å². The maximum atomic E-state index is 10.6. The summed E-state index contributed by atoms with van der Waals surface area (Å²) in [5.41, 5.74) is 0. The van der Waals surface area contributed by atoms with Crippen molar-refractivity contribution in [3.8, 4) is 0 Å². The van der Waals surface area contributed by atoms with Crippen molar-refractivity contribution in [2.45, 2.75) is 25.0 Å². The van der Waals surface area contributed by atoms with Gasteiger partial charge in [0.05, 0.1) is 26.2 Å². The minimum atomic E-state index is -0.356. The quantitative estimate of drug-likeness (QED) is 0.328. The summed E-state index contributed by atoms with van der Waals surface area (Å²) in [6.07, 6.45) is 3.89. The molecular formula is C14H21ClO6. The molecule has 21 heavy (non-hydrogen) atoms. The first-order chi connectivity index (χ1) is 10.0. The summed E-state index contributed by atoms with van der Waals surface area (Å²) in [6.45, 7) is 8.78. The molecule has 2 heterocycles. The van der Waals surface area contributed by atoms with Crippen LogP contribution < -0.4 is 0 Å². The van der Waals surface area contributed by atoms with Crippen molar-refractivity contribution >= 4 is 22.8 Å². The molecule has 2 rings (SSSR count). The summed E-state index contributed by atoms with van der Waals surface area (Å²) in [4.78, 5) is 20.4. The maximum absolute atomic E-state index is 10.6. The van der Waals surface area contributed by atoms with Crippen molar-refractivity contribution in [1.29, 1.82) is 0 Å². The molecule has 0 spiro atoms. The van der Waals surface area contributed by atoms with Gasteiger partial charge in [-0.25, -0.2) is 0 Å². The molecule has 0 radical (unpaired) electrons. The summed E-state index contributed by atoms with van der Waals surface area (Å²) in [5.74, 6) is -0.231. The van der Waals surface area contributed by atoms with Crippen LogP contribution in [0.2, 0.25) is 0 Å². The van der Waals surface area contributed by atoms with Crippen molar-refractivity contribution in [2.75, 3.05) is 26.4 Å². The fourth-order valence-corrected chi connectivity index (χ4v) is 0.923. The van der Waals surface area contributed by atoms with Crippen LogP contribution in [0.15, 0.2) is 25.3 Å². The molecule has 0 saturated carbocycles. The standard InChI is InChI=1S/C7H10O3.C4H5ClO.C3H6O2/c1-2-3-7(8)10-5-6-4-9-6;1-2-3-4(5)6;4-1-3-2-5-3/h2,6H,1,3-5H2;2H,1,3H2;3-4H,1-2H2. The molecule has 120 valence electrons. The summed E-state index contributed by atoms with van der Waals surface area (Å²) < 4.78 is 14.2. The highest BCUT2D eigenvalue weighted by molar-refractivity contribution is 6.63. The normalized spacial score (nSPS) is 20.7. The molecule has 0 aromatic carbocycles. The predicted molar refractivity (Wildman–Crippen MR) is 78.0 cm³/mol. The zero-order valence-corrected chi connectivity index (χ0v) is 12.6. The molecule has 0 amide bonds. The zero-order chi connectivity index (χ0) is 16.1. The number of carbonyl (C=O) groups excluding carboxylic acids is 2. The average molecular weight is 321 g/mol. The molecule has 0 aliphatic carbocycles. The number of hydrogen-bond donors (Lipinski definition) is 1. The molecule has 0 aromatic heterocycles. The van der Waals surface area contributed by atoms with Crippen LogP contribution in [0.3, 0.4) is 0 Å². The lowest BCUT2D eigenvalue weighted by molar-refractivity contribution is -0.143. The fourth-order valence-electron chi connectivity index (χ4n) is 0.814. The smallest absolute Gasteiger partial charge is 0.309 e. The van der Waals surface area contributed by atoms with E-state index in [0.29, 0.717) is 6.61 Å². The van der Waals surface area contributed by atoms with Crippen LogP contribution in [-0.2, 0) is 23.8 Å². The number of ether oxygens (including phenoxy) is 3. The van der Waals surface area contributed by atoms with Crippen LogP contribution in [0.5, 0.6) is 0 Å². The minimum absolute atomic E-state index is 0.161. The number of rotatable bonds is 7. The van der Waals surface area contributed by atoms with Crippen LogP contribution in [0, 0.1) is 0 Å². The molecule has 2 atom stereocenters. The van der Waals surface area contributed by atoms with E-state index in [1.54, 1.807) is 0 Å². The third kappa shape index (κ3) is 16.7. The second kappa shape index (κ2) is 12.5. The van der Waals surface area contributed by atoms with Gasteiger partial charge in [-0.3, -0.25) is 9.59 Å². The lowest BCUT2D eigenvalue weighted by Gasteiger charge is -1.97. The van der Waals surface area contributed by atoms with Gasteiger partial charge >= 0.3 is 5.97 Å². The third-order valence-electron chi connectivity index (χ3n) is 2.05. The molecular weight excluding hydrogens is 300 g/mol. The third-order valence-corrected chi connectivity index (χ3v) is 2.21. The van der Waals surface area contributed by atoms with Gasteiger partial charge in [0.25, 0.3) is 0 Å². The van der Waals surface area contributed by atoms with Crippen LogP contribution in [-0.4, -0.2) is 55.0 Å². The van der Waals surface area contributed by atoms with E-state index in [-0.39, 0.29) is 42.9 Å². The monoisotopic (exact) mass is 320 g/mol. The van der Waals surface area contributed by atoms with Gasteiger partial charge in [0.15, 0.2) is 0 Å². The second-order valence-corrected chi connectivity index (χ2v) is 4.54. The van der Waals surface area contributed by atoms with Crippen molar-refractivity contribution in [2.24, 2.45) is 0 Å². The average Bonchev–Trinajstić information content (AvgIpc) is 3.31. The van der Waals surface area contributed by atoms with Crippen molar-refractivity contribution in [3.63, 3.8) is 0 Å². The molecule has 0 bridgehead atoms. The van der Waals surface area contributed by atoms with Gasteiger partial charge in [0.1, 0.15) is 18.8 Å². The molecule has 1 N–H and O–H groups in total. The van der Waals surface area contributed by atoms with Crippen LogP contribution in [0.1, 0.15) is 12.8 Å². The molecule has 2 unspecified atom stereocenters. The van der Waals surface area contributed by atoms with Crippen LogP contribution in [0.25, 0.3) is 0 Å². The lowest BCUT2D eigenvalue weighted by Crippen LogP contribution is -2.08. The van der Waals surface area contributed by atoms with E-state index in [0.717, 1.165) is 13.2 Å². The number of aliphatic hydroxyl groups is 1. The Labute approximate surface area is 129 Å². The summed E-state index contributed by atoms with van der Waals surface area (Å²) >= 11 is 4.87. The first-order valence-electron chi connectivity index (χ1n) is 6.43. The topological polar surface area (TPSA) is 88.7 Å². The summed E-state index contributed by atoms with van der Waals surface area (Å²) in [6, 6.07) is 0. The Balaban J connectivity index is 0.000000311. The number of carbonyl (C=O) groups is 2. The van der Waals surface area contributed by atoms with E-state index in [1.807, 2.05) is 0 Å². The van der Waals surface area contributed by atoms with Gasteiger partial charge in [-0.15, -0.1) is 13.2 Å². The van der Waals surface area contributed by atoms with Gasteiger partial charge in [-0.05, 0) is 11.6 Å². The highest BCUT2D eigenvalue weighted by Gasteiger charge is 2.23. The Kier molecular flexibility index (Phi) is 11.8. The van der Waals surface area contributed by atoms with Gasteiger partial charge < -0.3 is 19.3 Å². The number of allylic oxidation sites excluding steroid dienone is 1. The molecule has 7 heteroatoms. The summed E-state index contributed by atoms with van der Waals surface area (Å²) in [7, 11) is 0. The lowest BCUT2D eigenvalue weighted by atomic mass is 10.4. The molecule has 2 fully saturated rings. The number of aliphatic hydroxyl groups excluding tert-OH is 1. The highest BCUT2D eigenvalue weighted by Crippen LogP contribution is 2.08. The van der Waals surface area contributed by atoms with Crippen molar-refractivity contribution in [1.82, 2.24) is 0 Å². The Morgan fingerprint density at radius 3 is 1.95 bits per heavy atom. The Hall–Kier alpha value is -1.21. The van der Waals surface area contributed by atoms with E-state index in [4.69, 9.17) is 26.2 Å². The zero-order valence-electron chi connectivity index (χ0n) is 11.8. The Morgan fingerprint density at radius 1 is 1.19 bits per heavy atom.